The summed E-state index contributed by atoms with van der Waals surface area (Å²) in [7, 11) is 1.72. The summed E-state index contributed by atoms with van der Waals surface area (Å²) in [5, 5.41) is 6.72. The SMILES string of the molecule is Cc1nc(CN(C)C(=O)c2cncs2)n[nH]1. The van der Waals surface area contributed by atoms with Gasteiger partial charge in [0.15, 0.2) is 5.82 Å². The smallest absolute Gasteiger partial charge is 0.265 e. The highest BCUT2D eigenvalue weighted by molar-refractivity contribution is 7.11. The molecule has 2 heterocycles. The van der Waals surface area contributed by atoms with Crippen LogP contribution >= 0.6 is 11.3 Å². The van der Waals surface area contributed by atoms with Gasteiger partial charge in [0.1, 0.15) is 10.7 Å². The molecule has 0 bridgehead atoms. The van der Waals surface area contributed by atoms with Gasteiger partial charge in [0.25, 0.3) is 5.91 Å². The van der Waals surface area contributed by atoms with E-state index < -0.39 is 0 Å². The molecule has 0 atom stereocenters. The van der Waals surface area contributed by atoms with E-state index in [0.29, 0.717) is 17.2 Å². The van der Waals surface area contributed by atoms with E-state index in [1.54, 1.807) is 23.7 Å². The maximum atomic E-state index is 11.8. The van der Waals surface area contributed by atoms with Gasteiger partial charge < -0.3 is 4.90 Å². The first kappa shape index (κ1) is 10.7. The van der Waals surface area contributed by atoms with Crippen LogP contribution in [0.4, 0.5) is 0 Å². The molecule has 1 amide bonds. The first-order valence-corrected chi connectivity index (χ1v) is 5.56. The van der Waals surface area contributed by atoms with Crippen LogP contribution in [0.3, 0.4) is 0 Å². The molecule has 0 fully saturated rings. The number of rotatable bonds is 3. The molecule has 6 nitrogen and oxygen atoms in total. The Morgan fingerprint density at radius 3 is 3.00 bits per heavy atom. The van der Waals surface area contributed by atoms with Crippen molar-refractivity contribution in [1.82, 2.24) is 25.1 Å². The van der Waals surface area contributed by atoms with Gasteiger partial charge in [-0.05, 0) is 6.92 Å². The van der Waals surface area contributed by atoms with Crippen LogP contribution in [-0.2, 0) is 6.54 Å². The van der Waals surface area contributed by atoms with E-state index in [4.69, 9.17) is 0 Å². The normalized spacial score (nSPS) is 10.4. The zero-order valence-corrected chi connectivity index (χ0v) is 9.78. The van der Waals surface area contributed by atoms with E-state index in [9.17, 15) is 4.79 Å². The number of nitrogens with one attached hydrogen (secondary N) is 1. The zero-order valence-electron chi connectivity index (χ0n) is 8.97. The molecule has 2 rings (SSSR count). The van der Waals surface area contributed by atoms with Gasteiger partial charge in [-0.15, -0.1) is 11.3 Å². The third-order valence-electron chi connectivity index (χ3n) is 2.01. The standard InChI is InChI=1S/C9H11N5OS/c1-6-11-8(13-12-6)4-14(2)9(15)7-3-10-5-16-7/h3,5H,4H2,1-2H3,(H,11,12,13). The van der Waals surface area contributed by atoms with Gasteiger partial charge >= 0.3 is 0 Å². The van der Waals surface area contributed by atoms with Gasteiger partial charge in [0, 0.05) is 7.05 Å². The minimum Gasteiger partial charge on any atom is -0.333 e. The minimum atomic E-state index is -0.0649. The molecule has 0 saturated carbocycles. The fraction of sp³-hybridized carbons (Fsp3) is 0.333. The first-order chi connectivity index (χ1) is 7.66. The molecule has 2 aromatic heterocycles. The third kappa shape index (κ3) is 2.25. The van der Waals surface area contributed by atoms with Crippen molar-refractivity contribution in [3.05, 3.63) is 28.2 Å². The summed E-state index contributed by atoms with van der Waals surface area (Å²) >= 11 is 1.32. The molecular weight excluding hydrogens is 226 g/mol. The second-order valence-electron chi connectivity index (χ2n) is 3.36. The van der Waals surface area contributed by atoms with Crippen LogP contribution < -0.4 is 0 Å². The minimum absolute atomic E-state index is 0.0649. The summed E-state index contributed by atoms with van der Waals surface area (Å²) in [5.74, 6) is 1.29. The van der Waals surface area contributed by atoms with Crippen molar-refractivity contribution in [3.8, 4) is 0 Å². The molecule has 0 aliphatic heterocycles. The van der Waals surface area contributed by atoms with E-state index in [1.807, 2.05) is 6.92 Å². The number of thiazole rings is 1. The van der Waals surface area contributed by atoms with E-state index >= 15 is 0 Å². The lowest BCUT2D eigenvalue weighted by Gasteiger charge is -2.13. The Morgan fingerprint density at radius 1 is 1.62 bits per heavy atom. The number of amides is 1. The molecule has 0 aliphatic rings. The molecule has 0 radical (unpaired) electrons. The number of carbonyl (C=O) groups is 1. The van der Waals surface area contributed by atoms with Gasteiger partial charge in [-0.3, -0.25) is 14.9 Å². The second kappa shape index (κ2) is 4.40. The Balaban J connectivity index is 2.03. The van der Waals surface area contributed by atoms with E-state index in [-0.39, 0.29) is 5.91 Å². The van der Waals surface area contributed by atoms with Crippen molar-refractivity contribution >= 4 is 17.2 Å². The molecule has 1 N–H and O–H groups in total. The fourth-order valence-corrected chi connectivity index (χ4v) is 1.87. The molecule has 2 aromatic rings. The van der Waals surface area contributed by atoms with Crippen LogP contribution in [0.2, 0.25) is 0 Å². The molecule has 0 unspecified atom stereocenters. The summed E-state index contributed by atoms with van der Waals surface area (Å²) in [5.41, 5.74) is 1.64. The van der Waals surface area contributed by atoms with Gasteiger partial charge in [-0.25, -0.2) is 4.98 Å². The number of carbonyl (C=O) groups excluding carboxylic acids is 1. The molecule has 7 heteroatoms. The number of hydrogen-bond acceptors (Lipinski definition) is 5. The number of H-pyrrole nitrogens is 1. The Morgan fingerprint density at radius 2 is 2.44 bits per heavy atom. The molecule has 84 valence electrons. The maximum Gasteiger partial charge on any atom is 0.265 e. The maximum absolute atomic E-state index is 11.8. The van der Waals surface area contributed by atoms with E-state index in [1.165, 1.54) is 11.3 Å². The summed E-state index contributed by atoms with van der Waals surface area (Å²) in [6, 6.07) is 0. The highest BCUT2D eigenvalue weighted by atomic mass is 32.1. The Labute approximate surface area is 96.3 Å². The van der Waals surface area contributed by atoms with Crippen LogP contribution in [0.15, 0.2) is 11.7 Å². The van der Waals surface area contributed by atoms with E-state index in [0.717, 1.165) is 5.82 Å². The number of aromatic nitrogens is 4. The van der Waals surface area contributed by atoms with Crippen LogP contribution in [0.1, 0.15) is 21.3 Å². The number of nitrogens with zero attached hydrogens (tertiary/aromatic N) is 4. The van der Waals surface area contributed by atoms with Crippen molar-refractivity contribution in [3.63, 3.8) is 0 Å². The molecule has 16 heavy (non-hydrogen) atoms. The average Bonchev–Trinajstić information content (AvgIpc) is 2.88. The molecule has 0 saturated heterocycles. The second-order valence-corrected chi connectivity index (χ2v) is 4.25. The predicted octanol–water partition coefficient (Wildman–Crippen LogP) is 0.842. The Bertz CT molecular complexity index is 478. The summed E-state index contributed by atoms with van der Waals surface area (Å²) in [4.78, 5) is 22.0. The highest BCUT2D eigenvalue weighted by Crippen LogP contribution is 2.09. The third-order valence-corrected chi connectivity index (χ3v) is 2.77. The summed E-state index contributed by atoms with van der Waals surface area (Å²) in [6.45, 7) is 2.21. The number of hydrogen-bond donors (Lipinski definition) is 1. The van der Waals surface area contributed by atoms with Crippen molar-refractivity contribution in [2.45, 2.75) is 13.5 Å². The summed E-state index contributed by atoms with van der Waals surface area (Å²) in [6.07, 6.45) is 1.56. The molecule has 0 aromatic carbocycles. The van der Waals surface area contributed by atoms with Crippen LogP contribution in [0, 0.1) is 6.92 Å². The molecule has 0 spiro atoms. The fourth-order valence-electron chi connectivity index (χ4n) is 1.25. The lowest BCUT2D eigenvalue weighted by molar-refractivity contribution is 0.0786. The van der Waals surface area contributed by atoms with Gasteiger partial charge in [0.05, 0.1) is 18.3 Å². The monoisotopic (exact) mass is 237 g/mol. The van der Waals surface area contributed by atoms with Crippen molar-refractivity contribution in [2.24, 2.45) is 0 Å². The Hall–Kier alpha value is -1.76. The number of aromatic amines is 1. The average molecular weight is 237 g/mol. The zero-order chi connectivity index (χ0) is 11.5. The highest BCUT2D eigenvalue weighted by Gasteiger charge is 2.14. The molecular formula is C9H11N5OS. The van der Waals surface area contributed by atoms with Gasteiger partial charge in [0.2, 0.25) is 0 Å². The van der Waals surface area contributed by atoms with E-state index in [2.05, 4.69) is 20.2 Å². The van der Waals surface area contributed by atoms with Crippen molar-refractivity contribution in [1.29, 1.82) is 0 Å². The van der Waals surface area contributed by atoms with Gasteiger partial charge in [-0.2, -0.15) is 5.10 Å². The topological polar surface area (TPSA) is 74.8 Å². The predicted molar refractivity (Wildman–Crippen MR) is 59.0 cm³/mol. The first-order valence-electron chi connectivity index (χ1n) is 4.68. The lowest BCUT2D eigenvalue weighted by Crippen LogP contribution is -2.26. The van der Waals surface area contributed by atoms with Crippen molar-refractivity contribution in [2.75, 3.05) is 7.05 Å². The largest absolute Gasteiger partial charge is 0.333 e. The van der Waals surface area contributed by atoms with Crippen LogP contribution in [0.25, 0.3) is 0 Å². The summed E-state index contributed by atoms with van der Waals surface area (Å²) < 4.78 is 0. The van der Waals surface area contributed by atoms with Crippen molar-refractivity contribution < 1.29 is 4.79 Å². The lowest BCUT2D eigenvalue weighted by atomic mass is 10.4. The van der Waals surface area contributed by atoms with Gasteiger partial charge in [-0.1, -0.05) is 0 Å². The van der Waals surface area contributed by atoms with Crippen LogP contribution in [-0.4, -0.2) is 38.0 Å². The molecule has 0 aliphatic carbocycles. The number of aryl methyl sites for hydroxylation is 1. The quantitative estimate of drug-likeness (QED) is 0.858. The van der Waals surface area contributed by atoms with Crippen LogP contribution in [0.5, 0.6) is 0 Å². The Kier molecular flexibility index (Phi) is 2.95.